The molecule has 5 heteroatoms. The second kappa shape index (κ2) is 7.69. The Labute approximate surface area is 143 Å². The van der Waals surface area contributed by atoms with Crippen molar-refractivity contribution in [3.05, 3.63) is 35.9 Å². The number of benzene rings is 1. The van der Waals surface area contributed by atoms with Crippen LogP contribution in [0.2, 0.25) is 0 Å². The molecule has 1 saturated heterocycles. The first-order chi connectivity index (χ1) is 11.6. The number of likely N-dealkylation sites (tertiary alicyclic amines) is 1. The summed E-state index contributed by atoms with van der Waals surface area (Å²) >= 11 is 0. The van der Waals surface area contributed by atoms with Crippen LogP contribution in [-0.4, -0.2) is 35.5 Å². The standard InChI is InChI=1S/C19H27N3O2/c1-14-7-5-6-10-17(14)21-19(24)20-16-11-18(23)22(13-16)12-15-8-3-2-4-9-15/h2-4,8-9,14,16-17H,5-7,10-13H2,1H3,(H2,20,21,24). The molecule has 2 aliphatic rings. The molecule has 5 nitrogen and oxygen atoms in total. The largest absolute Gasteiger partial charge is 0.336 e. The molecule has 1 heterocycles. The van der Waals surface area contributed by atoms with Gasteiger partial charge in [-0.2, -0.15) is 0 Å². The zero-order valence-electron chi connectivity index (χ0n) is 14.3. The van der Waals surface area contributed by atoms with Gasteiger partial charge in [-0.3, -0.25) is 4.79 Å². The average molecular weight is 329 g/mol. The van der Waals surface area contributed by atoms with Crippen LogP contribution in [0.1, 0.15) is 44.6 Å². The fourth-order valence-electron chi connectivity index (χ4n) is 3.75. The Bertz CT molecular complexity index is 575. The van der Waals surface area contributed by atoms with E-state index in [1.54, 1.807) is 0 Å². The quantitative estimate of drug-likeness (QED) is 0.892. The molecule has 1 aliphatic heterocycles. The molecule has 1 aromatic rings. The lowest BCUT2D eigenvalue weighted by molar-refractivity contribution is -0.128. The molecule has 3 amide bonds. The van der Waals surface area contributed by atoms with Crippen molar-refractivity contribution in [3.8, 4) is 0 Å². The maximum Gasteiger partial charge on any atom is 0.315 e. The number of rotatable bonds is 4. The summed E-state index contributed by atoms with van der Waals surface area (Å²) in [6.07, 6.45) is 5.06. The van der Waals surface area contributed by atoms with Crippen LogP contribution < -0.4 is 10.6 Å². The zero-order chi connectivity index (χ0) is 16.9. The van der Waals surface area contributed by atoms with Crippen LogP contribution in [0, 0.1) is 5.92 Å². The van der Waals surface area contributed by atoms with E-state index in [1.807, 2.05) is 35.2 Å². The Hall–Kier alpha value is -2.04. The van der Waals surface area contributed by atoms with Crippen molar-refractivity contribution in [1.29, 1.82) is 0 Å². The molecule has 1 aromatic carbocycles. The van der Waals surface area contributed by atoms with Gasteiger partial charge in [0.25, 0.3) is 0 Å². The van der Waals surface area contributed by atoms with Crippen LogP contribution in [0.25, 0.3) is 0 Å². The SMILES string of the molecule is CC1CCCCC1NC(=O)NC1CC(=O)N(Cc2ccccc2)C1. The van der Waals surface area contributed by atoms with E-state index >= 15 is 0 Å². The smallest absolute Gasteiger partial charge is 0.315 e. The highest BCUT2D eigenvalue weighted by Gasteiger charge is 2.31. The molecule has 0 radical (unpaired) electrons. The van der Waals surface area contributed by atoms with Gasteiger partial charge in [-0.05, 0) is 24.3 Å². The predicted molar refractivity (Wildman–Crippen MR) is 93.4 cm³/mol. The average Bonchev–Trinajstić information content (AvgIpc) is 2.90. The molecule has 1 aliphatic carbocycles. The van der Waals surface area contributed by atoms with Crippen LogP contribution in [0.4, 0.5) is 4.79 Å². The summed E-state index contributed by atoms with van der Waals surface area (Å²) in [6, 6.07) is 9.99. The molecule has 0 spiro atoms. The molecule has 1 saturated carbocycles. The first-order valence-corrected chi connectivity index (χ1v) is 9.00. The number of amides is 3. The number of urea groups is 1. The summed E-state index contributed by atoms with van der Waals surface area (Å²) in [4.78, 5) is 26.2. The minimum Gasteiger partial charge on any atom is -0.336 e. The number of carbonyl (C=O) groups is 2. The van der Waals surface area contributed by atoms with E-state index < -0.39 is 0 Å². The highest BCUT2D eigenvalue weighted by molar-refractivity contribution is 5.81. The van der Waals surface area contributed by atoms with E-state index in [4.69, 9.17) is 0 Å². The van der Waals surface area contributed by atoms with Crippen molar-refractivity contribution in [2.75, 3.05) is 6.54 Å². The summed E-state index contributed by atoms with van der Waals surface area (Å²) < 4.78 is 0. The van der Waals surface area contributed by atoms with Crippen LogP contribution in [0.3, 0.4) is 0 Å². The lowest BCUT2D eigenvalue weighted by atomic mass is 9.86. The summed E-state index contributed by atoms with van der Waals surface area (Å²) in [5.41, 5.74) is 1.12. The van der Waals surface area contributed by atoms with E-state index in [9.17, 15) is 9.59 Å². The maximum absolute atomic E-state index is 12.2. The lowest BCUT2D eigenvalue weighted by Gasteiger charge is -2.30. The monoisotopic (exact) mass is 329 g/mol. The second-order valence-corrected chi connectivity index (χ2v) is 7.15. The Morgan fingerprint density at radius 3 is 2.67 bits per heavy atom. The van der Waals surface area contributed by atoms with Crippen LogP contribution in [0.5, 0.6) is 0 Å². The van der Waals surface area contributed by atoms with E-state index in [2.05, 4.69) is 17.6 Å². The van der Waals surface area contributed by atoms with Crippen molar-refractivity contribution in [3.63, 3.8) is 0 Å². The Balaban J connectivity index is 1.48. The molecular formula is C19H27N3O2. The van der Waals surface area contributed by atoms with Gasteiger partial charge in [-0.25, -0.2) is 4.79 Å². The first-order valence-electron chi connectivity index (χ1n) is 9.00. The van der Waals surface area contributed by atoms with E-state index in [0.29, 0.717) is 25.4 Å². The van der Waals surface area contributed by atoms with Crippen molar-refractivity contribution in [2.45, 2.75) is 57.7 Å². The third kappa shape index (κ3) is 4.28. The van der Waals surface area contributed by atoms with Gasteiger partial charge in [0.2, 0.25) is 5.91 Å². The molecule has 3 atom stereocenters. The van der Waals surface area contributed by atoms with Gasteiger partial charge in [-0.15, -0.1) is 0 Å². The fourth-order valence-corrected chi connectivity index (χ4v) is 3.75. The van der Waals surface area contributed by atoms with Gasteiger partial charge in [0.1, 0.15) is 0 Å². The molecule has 0 bridgehead atoms. The van der Waals surface area contributed by atoms with Crippen LogP contribution in [-0.2, 0) is 11.3 Å². The Kier molecular flexibility index (Phi) is 5.38. The summed E-state index contributed by atoms with van der Waals surface area (Å²) in [5, 5.41) is 6.08. The summed E-state index contributed by atoms with van der Waals surface area (Å²) in [5.74, 6) is 0.638. The van der Waals surface area contributed by atoms with Gasteiger partial charge in [-0.1, -0.05) is 50.1 Å². The minimum absolute atomic E-state index is 0.0971. The zero-order valence-corrected chi connectivity index (χ0v) is 14.3. The summed E-state index contributed by atoms with van der Waals surface area (Å²) in [7, 11) is 0. The first kappa shape index (κ1) is 16.8. The van der Waals surface area contributed by atoms with Gasteiger partial charge >= 0.3 is 6.03 Å². The Morgan fingerprint density at radius 2 is 1.92 bits per heavy atom. The fraction of sp³-hybridized carbons (Fsp3) is 0.579. The third-order valence-electron chi connectivity index (χ3n) is 5.19. The highest BCUT2D eigenvalue weighted by atomic mass is 16.2. The molecule has 3 rings (SSSR count). The molecule has 2 N–H and O–H groups in total. The summed E-state index contributed by atoms with van der Waals surface area (Å²) in [6.45, 7) is 3.39. The number of hydrogen-bond donors (Lipinski definition) is 2. The van der Waals surface area contributed by atoms with Gasteiger partial charge in [0.05, 0.1) is 6.04 Å². The van der Waals surface area contributed by atoms with E-state index in [-0.39, 0.29) is 24.0 Å². The van der Waals surface area contributed by atoms with Crippen LogP contribution in [0.15, 0.2) is 30.3 Å². The topological polar surface area (TPSA) is 61.4 Å². The number of nitrogens with one attached hydrogen (secondary N) is 2. The van der Waals surface area contributed by atoms with E-state index in [0.717, 1.165) is 12.0 Å². The van der Waals surface area contributed by atoms with Gasteiger partial charge in [0.15, 0.2) is 0 Å². The Morgan fingerprint density at radius 1 is 1.17 bits per heavy atom. The number of carbonyl (C=O) groups excluding carboxylic acids is 2. The van der Waals surface area contributed by atoms with Crippen molar-refractivity contribution < 1.29 is 9.59 Å². The molecule has 2 fully saturated rings. The third-order valence-corrected chi connectivity index (χ3v) is 5.19. The second-order valence-electron chi connectivity index (χ2n) is 7.15. The molecular weight excluding hydrogens is 302 g/mol. The van der Waals surface area contributed by atoms with Crippen molar-refractivity contribution in [2.24, 2.45) is 5.92 Å². The van der Waals surface area contributed by atoms with Gasteiger partial charge in [0, 0.05) is 25.6 Å². The molecule has 24 heavy (non-hydrogen) atoms. The van der Waals surface area contributed by atoms with Crippen molar-refractivity contribution in [1.82, 2.24) is 15.5 Å². The normalized spacial score (nSPS) is 27.1. The van der Waals surface area contributed by atoms with Gasteiger partial charge < -0.3 is 15.5 Å². The lowest BCUT2D eigenvalue weighted by Crippen LogP contribution is -2.49. The molecule has 0 aromatic heterocycles. The maximum atomic E-state index is 12.2. The molecule has 3 unspecified atom stereocenters. The minimum atomic E-state index is -0.131. The van der Waals surface area contributed by atoms with E-state index in [1.165, 1.54) is 19.3 Å². The van der Waals surface area contributed by atoms with Crippen LogP contribution >= 0.6 is 0 Å². The predicted octanol–water partition coefficient (Wildman–Crippen LogP) is 2.67. The highest BCUT2D eigenvalue weighted by Crippen LogP contribution is 2.23. The number of hydrogen-bond acceptors (Lipinski definition) is 2. The van der Waals surface area contributed by atoms with Crippen molar-refractivity contribution >= 4 is 11.9 Å². The number of nitrogens with zero attached hydrogens (tertiary/aromatic N) is 1. The molecule has 130 valence electrons.